The molecule has 0 saturated carbocycles. The molecule has 0 atom stereocenters. The number of methoxy groups -OCH3 is 1. The molecule has 0 aliphatic heterocycles. The summed E-state index contributed by atoms with van der Waals surface area (Å²) in [6.07, 6.45) is 0.885. The minimum atomic E-state index is 0.211. The first kappa shape index (κ1) is 13.8. The lowest BCUT2D eigenvalue weighted by Crippen LogP contribution is -2.07. The number of hydrogen-bond acceptors (Lipinski definition) is 3. The zero-order valence-electron chi connectivity index (χ0n) is 11.8. The van der Waals surface area contributed by atoms with Gasteiger partial charge >= 0.3 is 0 Å². The van der Waals surface area contributed by atoms with E-state index in [2.05, 4.69) is 17.5 Å². The van der Waals surface area contributed by atoms with Crippen LogP contribution < -0.4 is 4.74 Å². The van der Waals surface area contributed by atoms with Crippen LogP contribution in [0, 0.1) is 0 Å². The summed E-state index contributed by atoms with van der Waals surface area (Å²) >= 11 is 1.69. The zero-order chi connectivity index (χ0) is 14.7. The normalized spacial score (nSPS) is 10.7. The number of thiophene rings is 1. The third-order valence-electron chi connectivity index (χ3n) is 3.53. The van der Waals surface area contributed by atoms with Crippen molar-refractivity contribution in [3.8, 4) is 5.75 Å². The molecule has 0 amide bonds. The average molecular weight is 296 g/mol. The number of rotatable bonds is 5. The highest BCUT2D eigenvalue weighted by Gasteiger charge is 2.11. The monoisotopic (exact) mass is 296 g/mol. The Labute approximate surface area is 128 Å². The average Bonchev–Trinajstić information content (AvgIpc) is 2.91. The SMILES string of the molecule is COc1ccccc1CC(=O)Cc1csc2ccccc12. The van der Waals surface area contributed by atoms with Crippen molar-refractivity contribution in [2.45, 2.75) is 12.8 Å². The summed E-state index contributed by atoms with van der Waals surface area (Å²) < 4.78 is 6.54. The molecule has 3 aromatic rings. The highest BCUT2D eigenvalue weighted by molar-refractivity contribution is 7.17. The molecule has 0 bridgehead atoms. The number of carbonyl (C=O) groups excluding carboxylic acids is 1. The van der Waals surface area contributed by atoms with Gasteiger partial charge in [-0.2, -0.15) is 0 Å². The Morgan fingerprint density at radius 2 is 1.71 bits per heavy atom. The van der Waals surface area contributed by atoms with Crippen molar-refractivity contribution in [3.05, 3.63) is 65.0 Å². The third kappa shape index (κ3) is 2.98. The van der Waals surface area contributed by atoms with Gasteiger partial charge in [0.1, 0.15) is 11.5 Å². The zero-order valence-corrected chi connectivity index (χ0v) is 12.7. The van der Waals surface area contributed by atoms with E-state index in [1.807, 2.05) is 36.4 Å². The van der Waals surface area contributed by atoms with Gasteiger partial charge in [-0.15, -0.1) is 11.3 Å². The quantitative estimate of drug-likeness (QED) is 0.703. The molecule has 106 valence electrons. The first-order valence-electron chi connectivity index (χ1n) is 6.86. The second kappa shape index (κ2) is 6.10. The molecule has 2 aromatic carbocycles. The van der Waals surface area contributed by atoms with Gasteiger partial charge in [-0.25, -0.2) is 0 Å². The number of carbonyl (C=O) groups is 1. The minimum absolute atomic E-state index is 0.211. The number of ketones is 1. The third-order valence-corrected chi connectivity index (χ3v) is 4.54. The fourth-order valence-electron chi connectivity index (χ4n) is 2.51. The Hall–Kier alpha value is -2.13. The molecule has 2 nitrogen and oxygen atoms in total. The molecule has 0 saturated heterocycles. The molecular weight excluding hydrogens is 280 g/mol. The van der Waals surface area contributed by atoms with Gasteiger partial charge in [-0.1, -0.05) is 36.4 Å². The van der Waals surface area contributed by atoms with Crippen molar-refractivity contribution in [1.29, 1.82) is 0 Å². The van der Waals surface area contributed by atoms with Crippen LogP contribution in [0.4, 0.5) is 0 Å². The Morgan fingerprint density at radius 3 is 2.57 bits per heavy atom. The van der Waals surface area contributed by atoms with Gasteiger partial charge in [0.25, 0.3) is 0 Å². The molecule has 0 aliphatic carbocycles. The summed E-state index contributed by atoms with van der Waals surface area (Å²) in [7, 11) is 1.63. The summed E-state index contributed by atoms with van der Waals surface area (Å²) in [5, 5.41) is 3.28. The van der Waals surface area contributed by atoms with E-state index in [0.29, 0.717) is 12.8 Å². The molecular formula is C18H16O2S. The van der Waals surface area contributed by atoms with Crippen molar-refractivity contribution in [2.24, 2.45) is 0 Å². The van der Waals surface area contributed by atoms with Crippen LogP contribution in [-0.4, -0.2) is 12.9 Å². The Bertz CT molecular complexity index is 773. The molecule has 1 heterocycles. The predicted molar refractivity (Wildman–Crippen MR) is 87.2 cm³/mol. The lowest BCUT2D eigenvalue weighted by Gasteiger charge is -2.07. The molecule has 21 heavy (non-hydrogen) atoms. The van der Waals surface area contributed by atoms with Crippen LogP contribution in [0.5, 0.6) is 5.75 Å². The molecule has 0 unspecified atom stereocenters. The van der Waals surface area contributed by atoms with Gasteiger partial charge in [-0.3, -0.25) is 4.79 Å². The molecule has 0 radical (unpaired) electrons. The summed E-state index contributed by atoms with van der Waals surface area (Å²) in [6, 6.07) is 15.9. The van der Waals surface area contributed by atoms with E-state index in [1.165, 1.54) is 10.1 Å². The van der Waals surface area contributed by atoms with Gasteiger partial charge in [-0.05, 0) is 28.5 Å². The van der Waals surface area contributed by atoms with Gasteiger partial charge in [0.15, 0.2) is 0 Å². The molecule has 3 rings (SSSR count). The van der Waals surface area contributed by atoms with E-state index >= 15 is 0 Å². The number of fused-ring (bicyclic) bond motifs is 1. The maximum Gasteiger partial charge on any atom is 0.141 e. The van der Waals surface area contributed by atoms with Crippen molar-refractivity contribution < 1.29 is 9.53 Å². The standard InChI is InChI=1S/C18H16O2S/c1-20-17-8-4-2-6-13(17)10-15(19)11-14-12-21-18-9-5-3-7-16(14)18/h2-9,12H,10-11H2,1H3. The van der Waals surface area contributed by atoms with Crippen LogP contribution >= 0.6 is 11.3 Å². The summed E-state index contributed by atoms with van der Waals surface area (Å²) in [5.41, 5.74) is 2.07. The van der Waals surface area contributed by atoms with Gasteiger partial charge < -0.3 is 4.74 Å². The minimum Gasteiger partial charge on any atom is -0.496 e. The van der Waals surface area contributed by atoms with Crippen molar-refractivity contribution >= 4 is 27.2 Å². The lowest BCUT2D eigenvalue weighted by molar-refractivity contribution is -0.117. The fourth-order valence-corrected chi connectivity index (χ4v) is 3.47. The van der Waals surface area contributed by atoms with E-state index in [9.17, 15) is 4.79 Å². The number of ether oxygens (including phenoxy) is 1. The summed E-state index contributed by atoms with van der Waals surface area (Å²) in [5.74, 6) is 0.990. The number of benzene rings is 2. The Kier molecular flexibility index (Phi) is 4.02. The number of para-hydroxylation sites is 1. The number of Topliss-reactive ketones (excluding diaryl/α,β-unsaturated/α-hetero) is 1. The van der Waals surface area contributed by atoms with Crippen molar-refractivity contribution in [1.82, 2.24) is 0 Å². The van der Waals surface area contributed by atoms with Crippen molar-refractivity contribution in [2.75, 3.05) is 7.11 Å². The smallest absolute Gasteiger partial charge is 0.141 e. The van der Waals surface area contributed by atoms with E-state index in [0.717, 1.165) is 16.9 Å². The lowest BCUT2D eigenvalue weighted by atomic mass is 10.0. The van der Waals surface area contributed by atoms with Crippen LogP contribution in [0.2, 0.25) is 0 Å². The fraction of sp³-hybridized carbons (Fsp3) is 0.167. The maximum atomic E-state index is 12.3. The molecule has 0 fully saturated rings. The highest BCUT2D eigenvalue weighted by Crippen LogP contribution is 2.26. The highest BCUT2D eigenvalue weighted by atomic mass is 32.1. The van der Waals surface area contributed by atoms with Gasteiger partial charge in [0, 0.05) is 23.1 Å². The van der Waals surface area contributed by atoms with Crippen molar-refractivity contribution in [3.63, 3.8) is 0 Å². The molecule has 3 heteroatoms. The summed E-state index contributed by atoms with van der Waals surface area (Å²) in [4.78, 5) is 12.3. The maximum absolute atomic E-state index is 12.3. The molecule has 0 N–H and O–H groups in total. The van der Waals surface area contributed by atoms with E-state index in [4.69, 9.17) is 4.74 Å². The van der Waals surface area contributed by atoms with Crippen LogP contribution in [0.1, 0.15) is 11.1 Å². The summed E-state index contributed by atoms with van der Waals surface area (Å²) in [6.45, 7) is 0. The van der Waals surface area contributed by atoms with Crippen LogP contribution in [0.15, 0.2) is 53.9 Å². The van der Waals surface area contributed by atoms with Crippen LogP contribution in [0.3, 0.4) is 0 Å². The van der Waals surface area contributed by atoms with Gasteiger partial charge in [0.05, 0.1) is 7.11 Å². The van der Waals surface area contributed by atoms with Crippen LogP contribution in [-0.2, 0) is 17.6 Å². The van der Waals surface area contributed by atoms with Gasteiger partial charge in [0.2, 0.25) is 0 Å². The molecule has 0 spiro atoms. The van der Waals surface area contributed by atoms with E-state index in [-0.39, 0.29) is 5.78 Å². The first-order valence-corrected chi connectivity index (χ1v) is 7.74. The van der Waals surface area contributed by atoms with E-state index < -0.39 is 0 Å². The largest absolute Gasteiger partial charge is 0.496 e. The van der Waals surface area contributed by atoms with E-state index in [1.54, 1.807) is 18.4 Å². The second-order valence-corrected chi connectivity index (χ2v) is 5.87. The predicted octanol–water partition coefficient (Wildman–Crippen LogP) is 4.26. The molecule has 1 aromatic heterocycles. The number of hydrogen-bond donors (Lipinski definition) is 0. The van der Waals surface area contributed by atoms with Crippen LogP contribution in [0.25, 0.3) is 10.1 Å². The Balaban J connectivity index is 1.77. The first-order chi connectivity index (χ1) is 10.3. The Morgan fingerprint density at radius 1 is 1.00 bits per heavy atom. The topological polar surface area (TPSA) is 26.3 Å². The molecule has 0 aliphatic rings. The second-order valence-electron chi connectivity index (χ2n) is 4.96.